The summed E-state index contributed by atoms with van der Waals surface area (Å²) in [5.41, 5.74) is 3.18. The number of hydrogen-bond donors (Lipinski definition) is 2. The number of H-pyrrole nitrogens is 2. The van der Waals surface area contributed by atoms with Gasteiger partial charge in [-0.15, -0.1) is 0 Å². The summed E-state index contributed by atoms with van der Waals surface area (Å²) in [5, 5.41) is 1.08. The molecule has 0 radical (unpaired) electrons. The first-order valence-corrected chi connectivity index (χ1v) is 9.71. The predicted molar refractivity (Wildman–Crippen MR) is 116 cm³/mol. The van der Waals surface area contributed by atoms with Gasteiger partial charge in [0.05, 0.1) is 12.1 Å². The lowest BCUT2D eigenvalue weighted by atomic mass is 10.1. The molecule has 0 atom stereocenters. The molecule has 2 aromatic heterocycles. The van der Waals surface area contributed by atoms with E-state index in [-0.39, 0.29) is 6.61 Å². The molecule has 0 aliphatic rings. The molecule has 2 heterocycles. The van der Waals surface area contributed by atoms with Gasteiger partial charge in [0.2, 0.25) is 0 Å². The van der Waals surface area contributed by atoms with E-state index in [2.05, 4.69) is 16.0 Å². The molecule has 0 fully saturated rings. The van der Waals surface area contributed by atoms with Crippen molar-refractivity contribution in [3.63, 3.8) is 0 Å². The fourth-order valence-electron chi connectivity index (χ4n) is 3.37. The van der Waals surface area contributed by atoms with E-state index in [9.17, 15) is 9.59 Å². The maximum atomic E-state index is 11.9. The van der Waals surface area contributed by atoms with E-state index in [0.717, 1.165) is 33.3 Å². The Morgan fingerprint density at radius 3 is 2.63 bits per heavy atom. The van der Waals surface area contributed by atoms with Crippen LogP contribution in [0.2, 0.25) is 0 Å². The molecule has 4 rings (SSSR count). The number of aromatic nitrogens is 3. The van der Waals surface area contributed by atoms with Crippen LogP contribution in [0, 0.1) is 20.8 Å². The number of fused-ring (bicyclic) bond motifs is 1. The summed E-state index contributed by atoms with van der Waals surface area (Å²) in [5.74, 6) is 1.96. The number of nitrogens with zero attached hydrogens (tertiary/aromatic N) is 1. The van der Waals surface area contributed by atoms with Gasteiger partial charge in [0.15, 0.2) is 17.2 Å². The van der Waals surface area contributed by atoms with Crippen LogP contribution in [-0.4, -0.2) is 21.1 Å². The normalized spacial score (nSPS) is 11.0. The van der Waals surface area contributed by atoms with Crippen molar-refractivity contribution < 1.29 is 9.47 Å². The van der Waals surface area contributed by atoms with E-state index in [0.29, 0.717) is 18.0 Å². The standard InChI is InChI=1S/C23H23N3O4/c1-14-12-17-6-8-24-21(17)19(13-14)30-18-5-4-15(2)16(3)22(18)29-11-10-26-9-7-20(27)25-23(26)28/h4-9,12-13,24H,10-11H2,1-3H3,(H,25,27,28). The maximum absolute atomic E-state index is 11.9. The van der Waals surface area contributed by atoms with Gasteiger partial charge >= 0.3 is 5.69 Å². The van der Waals surface area contributed by atoms with Crippen molar-refractivity contribution in [2.24, 2.45) is 0 Å². The average Bonchev–Trinajstić information content (AvgIpc) is 3.17. The van der Waals surface area contributed by atoms with Crippen molar-refractivity contribution in [2.75, 3.05) is 6.61 Å². The van der Waals surface area contributed by atoms with Gasteiger partial charge in [-0.25, -0.2) is 4.79 Å². The van der Waals surface area contributed by atoms with Crippen LogP contribution in [0.25, 0.3) is 10.9 Å². The molecule has 7 nitrogen and oxygen atoms in total. The lowest BCUT2D eigenvalue weighted by Crippen LogP contribution is -2.30. The van der Waals surface area contributed by atoms with E-state index in [4.69, 9.17) is 9.47 Å². The molecule has 0 unspecified atom stereocenters. The number of ether oxygens (including phenoxy) is 2. The molecule has 7 heteroatoms. The van der Waals surface area contributed by atoms with Gasteiger partial charge in [0.25, 0.3) is 5.56 Å². The van der Waals surface area contributed by atoms with Gasteiger partial charge in [0, 0.05) is 23.8 Å². The number of hydrogen-bond acceptors (Lipinski definition) is 4. The van der Waals surface area contributed by atoms with Crippen LogP contribution in [0.1, 0.15) is 16.7 Å². The van der Waals surface area contributed by atoms with Crippen LogP contribution in [0.3, 0.4) is 0 Å². The highest BCUT2D eigenvalue weighted by Gasteiger charge is 2.14. The number of nitrogens with one attached hydrogen (secondary N) is 2. The Morgan fingerprint density at radius 1 is 1.00 bits per heavy atom. The van der Waals surface area contributed by atoms with E-state index in [1.807, 2.05) is 51.2 Å². The molecule has 0 saturated carbocycles. The van der Waals surface area contributed by atoms with Crippen LogP contribution >= 0.6 is 0 Å². The molecule has 2 aromatic carbocycles. The second kappa shape index (κ2) is 7.94. The molecule has 2 N–H and O–H groups in total. The average molecular weight is 405 g/mol. The van der Waals surface area contributed by atoms with Crippen molar-refractivity contribution in [3.8, 4) is 17.2 Å². The summed E-state index contributed by atoms with van der Waals surface area (Å²) in [4.78, 5) is 28.5. The monoisotopic (exact) mass is 405 g/mol. The molecule has 0 aliphatic carbocycles. The molecule has 0 spiro atoms. The fourth-order valence-corrected chi connectivity index (χ4v) is 3.37. The molecule has 0 bridgehead atoms. The Hall–Kier alpha value is -3.74. The molecule has 0 aliphatic heterocycles. The summed E-state index contributed by atoms with van der Waals surface area (Å²) in [7, 11) is 0. The quantitative estimate of drug-likeness (QED) is 0.510. The molecule has 154 valence electrons. The first-order valence-electron chi connectivity index (χ1n) is 9.71. The highest BCUT2D eigenvalue weighted by molar-refractivity contribution is 5.86. The van der Waals surface area contributed by atoms with E-state index in [1.54, 1.807) is 0 Å². The van der Waals surface area contributed by atoms with Crippen molar-refractivity contribution in [1.29, 1.82) is 0 Å². The largest absolute Gasteiger partial charge is 0.488 e. The van der Waals surface area contributed by atoms with E-state index in [1.165, 1.54) is 16.8 Å². The first-order chi connectivity index (χ1) is 14.4. The third-order valence-electron chi connectivity index (χ3n) is 5.10. The Bertz CT molecular complexity index is 1330. The molecular weight excluding hydrogens is 382 g/mol. The minimum atomic E-state index is -0.461. The lowest BCUT2D eigenvalue weighted by Gasteiger charge is -2.17. The Labute approximate surface area is 172 Å². The van der Waals surface area contributed by atoms with Gasteiger partial charge in [-0.3, -0.25) is 14.3 Å². The highest BCUT2D eigenvalue weighted by atomic mass is 16.5. The van der Waals surface area contributed by atoms with Crippen LogP contribution < -0.4 is 20.7 Å². The van der Waals surface area contributed by atoms with Gasteiger partial charge in [-0.2, -0.15) is 0 Å². The highest BCUT2D eigenvalue weighted by Crippen LogP contribution is 2.38. The molecular formula is C23H23N3O4. The predicted octanol–water partition coefficient (Wildman–Crippen LogP) is 3.81. The van der Waals surface area contributed by atoms with Gasteiger partial charge in [0.1, 0.15) is 6.61 Å². The van der Waals surface area contributed by atoms with Gasteiger partial charge in [-0.1, -0.05) is 6.07 Å². The maximum Gasteiger partial charge on any atom is 0.328 e. The number of rotatable bonds is 6. The van der Waals surface area contributed by atoms with Gasteiger partial charge in [-0.05, 0) is 61.7 Å². The zero-order valence-corrected chi connectivity index (χ0v) is 17.1. The molecule has 4 aromatic rings. The fraction of sp³-hybridized carbons (Fsp3) is 0.217. The number of aromatic amines is 2. The SMILES string of the molecule is Cc1cc(Oc2ccc(C)c(C)c2OCCn2ccc(=O)[nH]c2=O)c2[nH]ccc2c1. The number of aryl methyl sites for hydroxylation is 2. The molecule has 0 saturated heterocycles. The molecule has 30 heavy (non-hydrogen) atoms. The number of benzene rings is 2. The minimum Gasteiger partial charge on any atom is -0.488 e. The van der Waals surface area contributed by atoms with Crippen LogP contribution in [0.15, 0.2) is 58.4 Å². The van der Waals surface area contributed by atoms with E-state index >= 15 is 0 Å². The second-order valence-corrected chi connectivity index (χ2v) is 7.29. The van der Waals surface area contributed by atoms with Crippen LogP contribution in [0.5, 0.6) is 17.2 Å². The van der Waals surface area contributed by atoms with Crippen molar-refractivity contribution in [2.45, 2.75) is 27.3 Å². The zero-order chi connectivity index (χ0) is 21.3. The topological polar surface area (TPSA) is 89.1 Å². The lowest BCUT2D eigenvalue weighted by molar-refractivity contribution is 0.281. The Balaban J connectivity index is 1.61. The Morgan fingerprint density at radius 2 is 1.83 bits per heavy atom. The molecule has 0 amide bonds. The summed E-state index contributed by atoms with van der Waals surface area (Å²) in [6, 6.07) is 11.3. The second-order valence-electron chi connectivity index (χ2n) is 7.29. The third kappa shape index (κ3) is 3.87. The van der Waals surface area contributed by atoms with Crippen LogP contribution in [0.4, 0.5) is 0 Å². The van der Waals surface area contributed by atoms with Gasteiger partial charge < -0.3 is 14.5 Å². The van der Waals surface area contributed by atoms with Crippen molar-refractivity contribution in [3.05, 3.63) is 86.3 Å². The third-order valence-corrected chi connectivity index (χ3v) is 5.10. The first kappa shape index (κ1) is 19.6. The Kier molecular flexibility index (Phi) is 5.18. The smallest absolute Gasteiger partial charge is 0.328 e. The van der Waals surface area contributed by atoms with Crippen molar-refractivity contribution in [1.82, 2.24) is 14.5 Å². The summed E-state index contributed by atoms with van der Waals surface area (Å²) < 4.78 is 13.7. The minimum absolute atomic E-state index is 0.248. The van der Waals surface area contributed by atoms with Crippen LogP contribution in [-0.2, 0) is 6.54 Å². The summed E-state index contributed by atoms with van der Waals surface area (Å²) in [6.07, 6.45) is 3.34. The van der Waals surface area contributed by atoms with E-state index < -0.39 is 11.2 Å². The summed E-state index contributed by atoms with van der Waals surface area (Å²) >= 11 is 0. The summed E-state index contributed by atoms with van der Waals surface area (Å²) in [6.45, 7) is 6.56. The van der Waals surface area contributed by atoms with Crippen molar-refractivity contribution >= 4 is 10.9 Å². The zero-order valence-electron chi connectivity index (χ0n) is 17.1.